The van der Waals surface area contributed by atoms with Crippen LogP contribution in [-0.4, -0.2) is 49.1 Å². The summed E-state index contributed by atoms with van der Waals surface area (Å²) < 4.78 is 10.9. The fourth-order valence-electron chi connectivity index (χ4n) is 4.59. The first-order chi connectivity index (χ1) is 17.0. The van der Waals surface area contributed by atoms with Crippen molar-refractivity contribution in [3.63, 3.8) is 0 Å². The molecule has 0 unspecified atom stereocenters. The van der Waals surface area contributed by atoms with E-state index < -0.39 is 0 Å². The molecule has 8 nitrogen and oxygen atoms in total. The van der Waals surface area contributed by atoms with Crippen molar-refractivity contribution < 1.29 is 19.2 Å². The Hall–Kier alpha value is -3.91. The van der Waals surface area contributed by atoms with Crippen molar-refractivity contribution >= 4 is 17.3 Å². The average molecular weight is 476 g/mol. The van der Waals surface area contributed by atoms with Crippen LogP contribution in [0.2, 0.25) is 0 Å². The number of carbonyl (C=O) groups excluding carboxylic acids is 1. The fourth-order valence-corrected chi connectivity index (χ4v) is 4.59. The maximum Gasteiger partial charge on any atom is 0.273 e. The van der Waals surface area contributed by atoms with Crippen LogP contribution in [0.15, 0.2) is 72.8 Å². The van der Waals surface area contributed by atoms with Gasteiger partial charge >= 0.3 is 0 Å². The second-order valence-electron chi connectivity index (χ2n) is 8.47. The molecule has 0 radical (unpaired) electrons. The van der Waals surface area contributed by atoms with E-state index in [1.54, 1.807) is 32.4 Å². The third-order valence-corrected chi connectivity index (χ3v) is 6.39. The molecule has 4 rings (SSSR count). The van der Waals surface area contributed by atoms with E-state index in [9.17, 15) is 14.9 Å². The van der Waals surface area contributed by atoms with Gasteiger partial charge < -0.3 is 14.4 Å². The van der Waals surface area contributed by atoms with Gasteiger partial charge in [-0.25, -0.2) is 0 Å². The van der Waals surface area contributed by atoms with Crippen molar-refractivity contribution in [1.29, 1.82) is 0 Å². The number of hydrogen-bond donors (Lipinski definition) is 0. The lowest BCUT2D eigenvalue weighted by molar-refractivity contribution is -0.385. The summed E-state index contributed by atoms with van der Waals surface area (Å²) >= 11 is 0. The van der Waals surface area contributed by atoms with E-state index in [1.807, 2.05) is 59.5 Å². The molecule has 1 aliphatic rings. The number of methoxy groups -OCH3 is 2. The van der Waals surface area contributed by atoms with Crippen LogP contribution in [-0.2, 0) is 6.54 Å². The largest absolute Gasteiger partial charge is 0.493 e. The second kappa shape index (κ2) is 11.0. The van der Waals surface area contributed by atoms with E-state index in [1.165, 1.54) is 0 Å². The summed E-state index contributed by atoms with van der Waals surface area (Å²) in [5.41, 5.74) is 2.20. The first-order valence-electron chi connectivity index (χ1n) is 11.6. The van der Waals surface area contributed by atoms with Gasteiger partial charge in [-0.3, -0.25) is 19.8 Å². The van der Waals surface area contributed by atoms with E-state index >= 15 is 0 Å². The van der Waals surface area contributed by atoms with Crippen molar-refractivity contribution in [3.05, 3.63) is 94.0 Å². The molecule has 1 fully saturated rings. The number of para-hydroxylation sites is 1. The molecule has 1 heterocycles. The lowest BCUT2D eigenvalue weighted by Crippen LogP contribution is -2.47. The monoisotopic (exact) mass is 475 g/mol. The number of amides is 1. The number of anilines is 1. The number of likely N-dealkylation sites (tertiary alicyclic amines) is 1. The van der Waals surface area contributed by atoms with E-state index in [4.69, 9.17) is 9.47 Å². The SMILES string of the molecule is COc1ccc(N(C(=O)c2ccccc2)C2CCN(Cc3ccccc3[N+](=O)[O-])CC2)cc1OC. The molecule has 35 heavy (non-hydrogen) atoms. The van der Waals surface area contributed by atoms with Gasteiger partial charge in [-0.2, -0.15) is 0 Å². The number of hydrogen-bond acceptors (Lipinski definition) is 6. The number of benzene rings is 3. The Labute approximate surface area is 204 Å². The van der Waals surface area contributed by atoms with Crippen molar-refractivity contribution in [2.75, 3.05) is 32.2 Å². The second-order valence-corrected chi connectivity index (χ2v) is 8.47. The normalized spacial score (nSPS) is 14.3. The van der Waals surface area contributed by atoms with E-state index in [-0.39, 0.29) is 22.6 Å². The molecule has 0 atom stereocenters. The van der Waals surface area contributed by atoms with E-state index in [0.29, 0.717) is 29.2 Å². The van der Waals surface area contributed by atoms with Crippen molar-refractivity contribution in [2.45, 2.75) is 25.4 Å². The molecular formula is C27H29N3O5. The molecule has 3 aromatic rings. The molecule has 1 saturated heterocycles. The van der Waals surface area contributed by atoms with Crippen LogP contribution in [0.1, 0.15) is 28.8 Å². The van der Waals surface area contributed by atoms with Gasteiger partial charge in [0.1, 0.15) is 0 Å². The lowest BCUT2D eigenvalue weighted by Gasteiger charge is -2.38. The first kappa shape index (κ1) is 24.2. The van der Waals surface area contributed by atoms with Crippen molar-refractivity contribution in [3.8, 4) is 11.5 Å². The Morgan fingerprint density at radius 3 is 2.29 bits per heavy atom. The van der Waals surface area contributed by atoms with Gasteiger partial charge in [0.05, 0.1) is 19.1 Å². The summed E-state index contributed by atoms with van der Waals surface area (Å²) in [6.45, 7) is 1.96. The molecule has 0 spiro atoms. The Bertz CT molecular complexity index is 1180. The molecule has 0 aromatic heterocycles. The highest BCUT2D eigenvalue weighted by molar-refractivity contribution is 6.06. The summed E-state index contributed by atoms with van der Waals surface area (Å²) in [6.07, 6.45) is 1.49. The summed E-state index contributed by atoms with van der Waals surface area (Å²) in [4.78, 5) is 28.8. The summed E-state index contributed by atoms with van der Waals surface area (Å²) in [5, 5.41) is 11.4. The van der Waals surface area contributed by atoms with Gasteiger partial charge in [-0.15, -0.1) is 0 Å². The molecule has 3 aromatic carbocycles. The number of piperidine rings is 1. The van der Waals surface area contributed by atoms with Crippen LogP contribution < -0.4 is 14.4 Å². The molecule has 0 saturated carbocycles. The molecule has 8 heteroatoms. The highest BCUT2D eigenvalue weighted by atomic mass is 16.6. The minimum Gasteiger partial charge on any atom is -0.493 e. The maximum absolute atomic E-state index is 13.7. The van der Waals surface area contributed by atoms with Crippen LogP contribution in [0.4, 0.5) is 11.4 Å². The summed E-state index contributed by atoms with van der Waals surface area (Å²) in [7, 11) is 3.16. The van der Waals surface area contributed by atoms with Gasteiger partial charge in [0.2, 0.25) is 0 Å². The molecule has 0 N–H and O–H groups in total. The van der Waals surface area contributed by atoms with Gasteiger partial charge in [0.15, 0.2) is 11.5 Å². The maximum atomic E-state index is 13.7. The van der Waals surface area contributed by atoms with Gasteiger partial charge in [-0.05, 0) is 37.1 Å². The zero-order chi connectivity index (χ0) is 24.8. The van der Waals surface area contributed by atoms with Crippen LogP contribution in [0.25, 0.3) is 0 Å². The standard InChI is InChI=1S/C27H29N3O5/c1-34-25-13-12-23(18-26(25)35-2)29(27(31)20-8-4-3-5-9-20)22-14-16-28(17-15-22)19-21-10-6-7-11-24(21)30(32)33/h3-13,18,22H,14-17,19H2,1-2H3. The predicted molar refractivity (Wildman–Crippen MR) is 134 cm³/mol. The molecule has 0 bridgehead atoms. The summed E-state index contributed by atoms with van der Waals surface area (Å²) in [6, 6.07) is 21.6. The lowest BCUT2D eigenvalue weighted by atomic mass is 9.99. The Kier molecular flexibility index (Phi) is 7.62. The van der Waals surface area contributed by atoms with E-state index in [2.05, 4.69) is 4.90 Å². The molecule has 1 amide bonds. The van der Waals surface area contributed by atoms with Gasteiger partial charge in [-0.1, -0.05) is 36.4 Å². The highest BCUT2D eigenvalue weighted by Gasteiger charge is 2.31. The van der Waals surface area contributed by atoms with Crippen molar-refractivity contribution in [1.82, 2.24) is 4.90 Å². The zero-order valence-corrected chi connectivity index (χ0v) is 19.9. The quantitative estimate of drug-likeness (QED) is 0.339. The average Bonchev–Trinajstić information content (AvgIpc) is 2.90. The topological polar surface area (TPSA) is 85.2 Å². The molecular weight excluding hydrogens is 446 g/mol. The number of nitro groups is 1. The third-order valence-electron chi connectivity index (χ3n) is 6.39. The minimum atomic E-state index is -0.334. The highest BCUT2D eigenvalue weighted by Crippen LogP contribution is 2.35. The minimum absolute atomic E-state index is 0.0252. The number of carbonyl (C=O) groups is 1. The number of nitro benzene ring substituents is 1. The van der Waals surface area contributed by atoms with Crippen LogP contribution in [0, 0.1) is 10.1 Å². The van der Waals surface area contributed by atoms with E-state index in [0.717, 1.165) is 31.6 Å². The fraction of sp³-hybridized carbons (Fsp3) is 0.296. The predicted octanol–water partition coefficient (Wildman–Crippen LogP) is 4.92. The van der Waals surface area contributed by atoms with Gasteiger partial charge in [0, 0.05) is 54.6 Å². The smallest absolute Gasteiger partial charge is 0.273 e. The Morgan fingerprint density at radius 1 is 0.971 bits per heavy atom. The number of ether oxygens (including phenoxy) is 2. The Morgan fingerprint density at radius 2 is 1.63 bits per heavy atom. The number of nitrogens with zero attached hydrogens (tertiary/aromatic N) is 3. The van der Waals surface area contributed by atoms with Crippen LogP contribution >= 0.6 is 0 Å². The number of rotatable bonds is 8. The zero-order valence-electron chi connectivity index (χ0n) is 19.9. The molecule has 0 aliphatic carbocycles. The third kappa shape index (κ3) is 5.44. The van der Waals surface area contributed by atoms with Crippen molar-refractivity contribution in [2.24, 2.45) is 0 Å². The van der Waals surface area contributed by atoms with Gasteiger partial charge in [0.25, 0.3) is 11.6 Å². The molecule has 182 valence electrons. The van der Waals surface area contributed by atoms with Crippen LogP contribution in [0.3, 0.4) is 0 Å². The first-order valence-corrected chi connectivity index (χ1v) is 11.6. The summed E-state index contributed by atoms with van der Waals surface area (Å²) in [5.74, 6) is 1.09. The Balaban J connectivity index is 1.56. The van der Waals surface area contributed by atoms with Crippen LogP contribution in [0.5, 0.6) is 11.5 Å². The molecule has 1 aliphatic heterocycles.